The van der Waals surface area contributed by atoms with Crippen LogP contribution in [0, 0.1) is 5.82 Å². The van der Waals surface area contributed by atoms with E-state index in [-0.39, 0.29) is 5.82 Å². The number of ether oxygens (including phenoxy) is 1. The molecule has 0 aliphatic heterocycles. The van der Waals surface area contributed by atoms with E-state index in [4.69, 9.17) is 4.74 Å². The van der Waals surface area contributed by atoms with Crippen molar-refractivity contribution in [2.75, 3.05) is 7.11 Å². The first-order valence-electron chi connectivity index (χ1n) is 3.89. The molecule has 0 aliphatic rings. The molecule has 1 aromatic heterocycles. The van der Waals surface area contributed by atoms with Crippen molar-refractivity contribution in [3.8, 4) is 5.75 Å². The van der Waals surface area contributed by atoms with Crippen LogP contribution in [0.4, 0.5) is 4.39 Å². The Hall–Kier alpha value is -1.64. The van der Waals surface area contributed by atoms with Crippen LogP contribution in [0.1, 0.15) is 0 Å². The molecule has 2 rings (SSSR count). The van der Waals surface area contributed by atoms with Gasteiger partial charge in [-0.05, 0) is 18.2 Å². The van der Waals surface area contributed by atoms with Crippen LogP contribution in [0.15, 0.2) is 30.5 Å². The van der Waals surface area contributed by atoms with Gasteiger partial charge in [-0.3, -0.25) is 4.98 Å². The van der Waals surface area contributed by atoms with Crippen LogP contribution < -0.4 is 4.74 Å². The van der Waals surface area contributed by atoms with E-state index in [1.54, 1.807) is 13.2 Å². The lowest BCUT2D eigenvalue weighted by Gasteiger charge is -2.03. The van der Waals surface area contributed by atoms with Crippen LogP contribution in [-0.2, 0) is 0 Å². The normalized spacial score (nSPS) is 10.3. The van der Waals surface area contributed by atoms with Gasteiger partial charge in [0.15, 0.2) is 0 Å². The highest BCUT2D eigenvalue weighted by atomic mass is 19.1. The van der Waals surface area contributed by atoms with Gasteiger partial charge in [0.2, 0.25) is 0 Å². The van der Waals surface area contributed by atoms with E-state index in [1.807, 2.05) is 12.1 Å². The molecule has 66 valence electrons. The van der Waals surface area contributed by atoms with Gasteiger partial charge in [0, 0.05) is 5.39 Å². The Morgan fingerprint density at radius 2 is 2.23 bits per heavy atom. The predicted octanol–water partition coefficient (Wildman–Crippen LogP) is 2.38. The molecule has 13 heavy (non-hydrogen) atoms. The maximum absolute atomic E-state index is 12.8. The topological polar surface area (TPSA) is 22.1 Å². The lowest BCUT2D eigenvalue weighted by Crippen LogP contribution is -1.87. The van der Waals surface area contributed by atoms with Gasteiger partial charge in [-0.1, -0.05) is 6.07 Å². The maximum atomic E-state index is 12.8. The van der Waals surface area contributed by atoms with Crippen molar-refractivity contribution in [1.29, 1.82) is 0 Å². The number of methoxy groups -OCH3 is 1. The third-order valence-electron chi connectivity index (χ3n) is 1.87. The lowest BCUT2D eigenvalue weighted by molar-refractivity contribution is 0.419. The summed E-state index contributed by atoms with van der Waals surface area (Å²) in [6.07, 6.45) is 1.20. The minimum atomic E-state index is -0.350. The second kappa shape index (κ2) is 3.01. The van der Waals surface area contributed by atoms with E-state index in [1.165, 1.54) is 12.3 Å². The van der Waals surface area contributed by atoms with Gasteiger partial charge in [0.05, 0.1) is 18.8 Å². The molecule has 0 atom stereocenters. The summed E-state index contributed by atoms with van der Waals surface area (Å²) in [5.74, 6) is 0.293. The number of aromatic nitrogens is 1. The molecule has 2 nitrogen and oxygen atoms in total. The number of fused-ring (bicyclic) bond motifs is 1. The third-order valence-corrected chi connectivity index (χ3v) is 1.87. The minimum absolute atomic E-state index is 0.350. The van der Waals surface area contributed by atoms with Gasteiger partial charge in [-0.25, -0.2) is 4.39 Å². The van der Waals surface area contributed by atoms with E-state index in [0.717, 1.165) is 5.52 Å². The highest BCUT2D eigenvalue weighted by molar-refractivity contribution is 5.84. The largest absolute Gasteiger partial charge is 0.496 e. The van der Waals surface area contributed by atoms with Crippen LogP contribution in [0.3, 0.4) is 0 Å². The fourth-order valence-corrected chi connectivity index (χ4v) is 1.27. The third kappa shape index (κ3) is 1.33. The first-order valence-corrected chi connectivity index (χ1v) is 3.89. The zero-order chi connectivity index (χ0) is 9.26. The number of hydrogen-bond acceptors (Lipinski definition) is 2. The van der Waals surface area contributed by atoms with Gasteiger partial charge in [-0.2, -0.15) is 0 Å². The molecule has 0 saturated carbocycles. The average molecular weight is 177 g/mol. The van der Waals surface area contributed by atoms with Crippen molar-refractivity contribution in [3.63, 3.8) is 0 Å². The van der Waals surface area contributed by atoms with Crippen LogP contribution >= 0.6 is 0 Å². The van der Waals surface area contributed by atoms with Gasteiger partial charge >= 0.3 is 0 Å². The summed E-state index contributed by atoms with van der Waals surface area (Å²) >= 11 is 0. The van der Waals surface area contributed by atoms with Crippen LogP contribution in [0.2, 0.25) is 0 Å². The number of nitrogens with zero attached hydrogens (tertiary/aromatic N) is 1. The Kier molecular flexibility index (Phi) is 1.85. The number of rotatable bonds is 1. The van der Waals surface area contributed by atoms with Crippen molar-refractivity contribution >= 4 is 10.9 Å². The second-order valence-corrected chi connectivity index (χ2v) is 2.68. The maximum Gasteiger partial charge on any atom is 0.142 e. The molecule has 0 radical (unpaired) electrons. The van der Waals surface area contributed by atoms with E-state index < -0.39 is 0 Å². The first kappa shape index (κ1) is 7.98. The summed E-state index contributed by atoms with van der Waals surface area (Å²) in [7, 11) is 1.56. The van der Waals surface area contributed by atoms with Crippen LogP contribution in [-0.4, -0.2) is 12.1 Å². The molecule has 0 spiro atoms. The minimum Gasteiger partial charge on any atom is -0.496 e. The highest BCUT2D eigenvalue weighted by Gasteiger charge is 2.02. The summed E-state index contributed by atoms with van der Waals surface area (Å²) in [6, 6.07) is 6.84. The smallest absolute Gasteiger partial charge is 0.142 e. The van der Waals surface area contributed by atoms with Crippen molar-refractivity contribution in [1.82, 2.24) is 4.98 Å². The number of halogens is 1. The van der Waals surface area contributed by atoms with E-state index in [2.05, 4.69) is 4.98 Å². The van der Waals surface area contributed by atoms with Crippen molar-refractivity contribution in [2.24, 2.45) is 0 Å². The molecule has 2 aromatic rings. The molecule has 0 unspecified atom stereocenters. The zero-order valence-electron chi connectivity index (χ0n) is 7.12. The number of benzene rings is 1. The molecule has 0 aliphatic carbocycles. The number of hydrogen-bond donors (Lipinski definition) is 0. The van der Waals surface area contributed by atoms with E-state index in [9.17, 15) is 4.39 Å². The fourth-order valence-electron chi connectivity index (χ4n) is 1.27. The van der Waals surface area contributed by atoms with Crippen molar-refractivity contribution in [3.05, 3.63) is 36.3 Å². The van der Waals surface area contributed by atoms with Crippen molar-refractivity contribution in [2.45, 2.75) is 0 Å². The molecule has 0 amide bonds. The molecule has 0 saturated heterocycles. The lowest BCUT2D eigenvalue weighted by atomic mass is 10.2. The SMILES string of the molecule is COc1cccc2ncc(F)cc12. The summed E-state index contributed by atoms with van der Waals surface area (Å²) in [5, 5.41) is 0.699. The summed E-state index contributed by atoms with van der Waals surface area (Å²) < 4.78 is 17.9. The Bertz CT molecular complexity index is 442. The zero-order valence-corrected chi connectivity index (χ0v) is 7.12. The van der Waals surface area contributed by atoms with Gasteiger partial charge in [0.1, 0.15) is 11.6 Å². The molecule has 3 heteroatoms. The monoisotopic (exact) mass is 177 g/mol. The van der Waals surface area contributed by atoms with Gasteiger partial charge < -0.3 is 4.74 Å². The molecule has 0 N–H and O–H groups in total. The molecular formula is C10H8FNO. The Labute approximate surface area is 75.0 Å². The summed E-state index contributed by atoms with van der Waals surface area (Å²) in [5.41, 5.74) is 0.737. The molecular weight excluding hydrogens is 169 g/mol. The van der Waals surface area contributed by atoms with Gasteiger partial charge in [0.25, 0.3) is 0 Å². The Morgan fingerprint density at radius 3 is 3.00 bits per heavy atom. The van der Waals surface area contributed by atoms with Gasteiger partial charge in [-0.15, -0.1) is 0 Å². The van der Waals surface area contributed by atoms with Crippen LogP contribution in [0.5, 0.6) is 5.75 Å². The van der Waals surface area contributed by atoms with E-state index in [0.29, 0.717) is 11.1 Å². The predicted molar refractivity (Wildman–Crippen MR) is 48.3 cm³/mol. The molecule has 0 fully saturated rings. The summed E-state index contributed by atoms with van der Waals surface area (Å²) in [6.45, 7) is 0. The standard InChI is InChI=1S/C10H8FNO/c1-13-10-4-2-3-9-8(10)5-7(11)6-12-9/h2-6H,1H3. The average Bonchev–Trinajstić information content (AvgIpc) is 2.17. The van der Waals surface area contributed by atoms with E-state index >= 15 is 0 Å². The molecule has 0 bridgehead atoms. The molecule has 1 heterocycles. The quantitative estimate of drug-likeness (QED) is 0.667. The second-order valence-electron chi connectivity index (χ2n) is 2.68. The molecule has 1 aromatic carbocycles. The highest BCUT2D eigenvalue weighted by Crippen LogP contribution is 2.23. The Morgan fingerprint density at radius 1 is 1.38 bits per heavy atom. The van der Waals surface area contributed by atoms with Crippen molar-refractivity contribution < 1.29 is 9.13 Å². The first-order chi connectivity index (χ1) is 6.31. The Balaban J connectivity index is 2.79. The summed E-state index contributed by atoms with van der Waals surface area (Å²) in [4.78, 5) is 3.93. The fraction of sp³-hybridized carbons (Fsp3) is 0.100. The van der Waals surface area contributed by atoms with Crippen LogP contribution in [0.25, 0.3) is 10.9 Å². The number of pyridine rings is 1.